The number of rotatable bonds is 8. The van der Waals surface area contributed by atoms with Crippen molar-refractivity contribution in [2.75, 3.05) is 18.3 Å². The number of benzene rings is 3. The first-order valence-electron chi connectivity index (χ1n) is 11.6. The van der Waals surface area contributed by atoms with Gasteiger partial charge < -0.3 is 23.9 Å². The fourth-order valence-electron chi connectivity index (χ4n) is 4.49. The molecule has 5 rings (SSSR count). The Morgan fingerprint density at radius 3 is 2.73 bits per heavy atom. The summed E-state index contributed by atoms with van der Waals surface area (Å²) in [5, 5.41) is 11.0. The molecule has 0 aliphatic carbocycles. The molecule has 1 unspecified atom stereocenters. The maximum absolute atomic E-state index is 13.7. The summed E-state index contributed by atoms with van der Waals surface area (Å²) in [6.45, 7) is 0.520. The van der Waals surface area contributed by atoms with Crippen molar-refractivity contribution in [3.8, 4) is 11.5 Å². The van der Waals surface area contributed by atoms with Crippen molar-refractivity contribution in [2.45, 2.75) is 31.8 Å². The Hall–Kier alpha value is -3.67. The second-order valence-electron chi connectivity index (χ2n) is 8.85. The van der Waals surface area contributed by atoms with Gasteiger partial charge in [-0.1, -0.05) is 36.4 Å². The van der Waals surface area contributed by atoms with Gasteiger partial charge in [0.15, 0.2) is 17.1 Å². The first kappa shape index (κ1) is 25.0. The average molecular weight is 528 g/mol. The summed E-state index contributed by atoms with van der Waals surface area (Å²) in [6.07, 6.45) is -0.340. The third kappa shape index (κ3) is 5.38. The molecule has 1 aromatic heterocycles. The Morgan fingerprint density at radius 2 is 2.00 bits per heavy atom. The zero-order chi connectivity index (χ0) is 26.2. The molecule has 3 aromatic carbocycles. The summed E-state index contributed by atoms with van der Waals surface area (Å²) < 4.78 is 57.5. The van der Waals surface area contributed by atoms with Gasteiger partial charge in [0.1, 0.15) is 24.2 Å². The molecule has 0 saturated heterocycles. The van der Waals surface area contributed by atoms with E-state index in [1.165, 1.54) is 18.2 Å². The molecule has 0 bridgehead atoms. The van der Waals surface area contributed by atoms with Crippen LogP contribution in [0.3, 0.4) is 0 Å². The average Bonchev–Trinajstić information content (AvgIpc) is 3.29. The quantitative estimate of drug-likeness (QED) is 0.336. The lowest BCUT2D eigenvalue weighted by Gasteiger charge is -2.39. The fourth-order valence-corrected chi connectivity index (χ4v) is 5.08. The molecule has 4 aromatic rings. The number of nitrogens with one attached hydrogen (secondary N) is 1. The Kier molecular flexibility index (Phi) is 6.76. The molecule has 0 spiro atoms. The van der Waals surface area contributed by atoms with Crippen molar-refractivity contribution in [2.24, 2.45) is 0 Å². The van der Waals surface area contributed by atoms with E-state index in [0.29, 0.717) is 23.6 Å². The van der Waals surface area contributed by atoms with Crippen LogP contribution in [0.5, 0.6) is 11.5 Å². The number of methoxy groups -OCH3 is 1. The number of ether oxygens (including phenoxy) is 2. The molecule has 0 saturated carbocycles. The molecule has 194 valence electrons. The van der Waals surface area contributed by atoms with Gasteiger partial charge in [-0.15, -0.1) is 0 Å². The monoisotopic (exact) mass is 527 g/mol. The highest BCUT2D eigenvalue weighted by molar-refractivity contribution is 7.88. The van der Waals surface area contributed by atoms with E-state index in [-0.39, 0.29) is 24.6 Å². The van der Waals surface area contributed by atoms with Gasteiger partial charge in [-0.25, -0.2) is 12.8 Å². The third-order valence-electron chi connectivity index (χ3n) is 6.21. The molecule has 1 aliphatic heterocycles. The lowest BCUT2D eigenvalue weighted by atomic mass is 9.92. The number of nitrogens with zero attached hydrogens (tertiary/aromatic N) is 2. The number of hydrogen-bond donors (Lipinski definition) is 2. The van der Waals surface area contributed by atoms with Gasteiger partial charge in [-0.05, 0) is 29.3 Å². The standard InChI is InChI=1S/C26H26FN3O6S/c1-34-22-11-8-17-14-30(26-28-20-10-9-18(27)12-23(20)36-26)21(25(31)29-37(2,32)33)13-19(17)24(22)35-15-16-6-4-3-5-7-16/h3-12,21,25,29,31H,13-15H2,1-2H3/t21-,25?/m0/s1. The normalized spacial score (nSPS) is 16.4. The van der Waals surface area contributed by atoms with Gasteiger partial charge in [-0.2, -0.15) is 9.71 Å². The number of aliphatic hydroxyl groups is 1. The third-order valence-corrected chi connectivity index (χ3v) is 6.88. The maximum atomic E-state index is 13.7. The van der Waals surface area contributed by atoms with Gasteiger partial charge >= 0.3 is 0 Å². The molecule has 0 radical (unpaired) electrons. The first-order chi connectivity index (χ1) is 17.7. The highest BCUT2D eigenvalue weighted by Crippen LogP contribution is 2.40. The topological polar surface area (TPSA) is 114 Å². The van der Waals surface area contributed by atoms with Crippen LogP contribution in [0.4, 0.5) is 10.4 Å². The second kappa shape index (κ2) is 10.0. The van der Waals surface area contributed by atoms with E-state index in [4.69, 9.17) is 13.9 Å². The van der Waals surface area contributed by atoms with Gasteiger partial charge in [0.25, 0.3) is 6.01 Å². The molecule has 0 fully saturated rings. The number of oxazole rings is 1. The molecule has 2 heterocycles. The van der Waals surface area contributed by atoms with Gasteiger partial charge in [0.05, 0.1) is 19.4 Å². The van der Waals surface area contributed by atoms with E-state index in [1.807, 2.05) is 36.4 Å². The lowest BCUT2D eigenvalue weighted by molar-refractivity contribution is 0.123. The second-order valence-corrected chi connectivity index (χ2v) is 10.6. The summed E-state index contributed by atoms with van der Waals surface area (Å²) in [5.74, 6) is 0.561. The number of aliphatic hydroxyl groups excluding tert-OH is 1. The molecule has 2 atom stereocenters. The van der Waals surface area contributed by atoms with Crippen LogP contribution in [0.15, 0.2) is 65.1 Å². The van der Waals surface area contributed by atoms with Crippen LogP contribution >= 0.6 is 0 Å². The number of fused-ring (bicyclic) bond motifs is 2. The number of aromatic nitrogens is 1. The lowest BCUT2D eigenvalue weighted by Crippen LogP contribution is -2.54. The van der Waals surface area contributed by atoms with E-state index < -0.39 is 28.1 Å². The van der Waals surface area contributed by atoms with E-state index in [0.717, 1.165) is 22.9 Å². The van der Waals surface area contributed by atoms with E-state index >= 15 is 0 Å². The number of hydrogen-bond acceptors (Lipinski definition) is 8. The van der Waals surface area contributed by atoms with Crippen LogP contribution in [0.25, 0.3) is 11.1 Å². The van der Waals surface area contributed by atoms with E-state index in [2.05, 4.69) is 9.71 Å². The van der Waals surface area contributed by atoms with Crippen LogP contribution in [0, 0.1) is 5.82 Å². The molecule has 2 N–H and O–H groups in total. The summed E-state index contributed by atoms with van der Waals surface area (Å²) in [7, 11) is -2.20. The SMILES string of the molecule is COc1ccc2c(c1OCc1ccccc1)C[C@@H](C(O)NS(C)(=O)=O)N(c1nc3ccc(F)cc3o1)C2. The summed E-state index contributed by atoms with van der Waals surface area (Å²) in [6, 6.07) is 16.7. The zero-order valence-electron chi connectivity index (χ0n) is 20.2. The smallest absolute Gasteiger partial charge is 0.299 e. The van der Waals surface area contributed by atoms with E-state index in [1.54, 1.807) is 18.1 Å². The molecule has 37 heavy (non-hydrogen) atoms. The minimum Gasteiger partial charge on any atom is -0.493 e. The number of halogens is 1. The predicted octanol–water partition coefficient (Wildman–Crippen LogP) is 3.35. The van der Waals surface area contributed by atoms with Crippen molar-refractivity contribution in [3.63, 3.8) is 0 Å². The Labute approximate surface area is 213 Å². The highest BCUT2D eigenvalue weighted by atomic mass is 32.2. The Bertz CT molecular complexity index is 1530. The van der Waals surface area contributed by atoms with Crippen molar-refractivity contribution in [1.29, 1.82) is 0 Å². The molecular weight excluding hydrogens is 501 g/mol. The van der Waals surface area contributed by atoms with Crippen molar-refractivity contribution in [3.05, 3.63) is 83.2 Å². The largest absolute Gasteiger partial charge is 0.493 e. The van der Waals surface area contributed by atoms with Crippen molar-refractivity contribution >= 4 is 27.1 Å². The maximum Gasteiger partial charge on any atom is 0.299 e. The summed E-state index contributed by atoms with van der Waals surface area (Å²) in [5.41, 5.74) is 3.28. The highest BCUT2D eigenvalue weighted by Gasteiger charge is 2.37. The zero-order valence-corrected chi connectivity index (χ0v) is 21.0. The van der Waals surface area contributed by atoms with Crippen molar-refractivity contribution in [1.82, 2.24) is 9.71 Å². The van der Waals surface area contributed by atoms with Gasteiger partial charge in [0, 0.05) is 24.6 Å². The first-order valence-corrected chi connectivity index (χ1v) is 13.4. The molecule has 11 heteroatoms. The number of anilines is 1. The van der Waals surface area contributed by atoms with E-state index in [9.17, 15) is 17.9 Å². The van der Waals surface area contributed by atoms with Gasteiger partial charge in [-0.3, -0.25) is 0 Å². The minimum atomic E-state index is -3.74. The Balaban J connectivity index is 1.55. The fraction of sp³-hybridized carbons (Fsp3) is 0.269. The van der Waals surface area contributed by atoms with Gasteiger partial charge in [0.2, 0.25) is 10.0 Å². The van der Waals surface area contributed by atoms with Crippen LogP contribution in [-0.4, -0.2) is 44.1 Å². The molecule has 0 amide bonds. The van der Waals surface area contributed by atoms with Crippen LogP contribution in [0.1, 0.15) is 16.7 Å². The Morgan fingerprint density at radius 1 is 1.22 bits per heavy atom. The molecule has 9 nitrogen and oxygen atoms in total. The van der Waals surface area contributed by atoms with Crippen molar-refractivity contribution < 1.29 is 31.8 Å². The summed E-state index contributed by atoms with van der Waals surface area (Å²) >= 11 is 0. The summed E-state index contributed by atoms with van der Waals surface area (Å²) in [4.78, 5) is 6.12. The predicted molar refractivity (Wildman–Crippen MR) is 135 cm³/mol. The van der Waals surface area contributed by atoms with Crippen LogP contribution in [0.2, 0.25) is 0 Å². The molecular formula is C26H26FN3O6S. The minimum absolute atomic E-state index is 0.133. The van der Waals surface area contributed by atoms with Crippen LogP contribution in [-0.2, 0) is 29.6 Å². The van der Waals surface area contributed by atoms with Crippen LogP contribution < -0.4 is 19.1 Å². The number of sulfonamides is 1. The molecule has 1 aliphatic rings.